The average molecular weight is 162 g/mol. The minimum Gasteiger partial charge on any atom is -0.452 e. The van der Waals surface area contributed by atoms with E-state index in [0.29, 0.717) is 6.29 Å². The number of rotatable bonds is 2. The van der Waals surface area contributed by atoms with Gasteiger partial charge in [0.1, 0.15) is 0 Å². The van der Waals surface area contributed by atoms with Crippen LogP contribution < -0.4 is 0 Å². The van der Waals surface area contributed by atoms with Crippen LogP contribution in [0.25, 0.3) is 0 Å². The Morgan fingerprint density at radius 3 is 2.36 bits per heavy atom. The second kappa shape index (κ2) is 3.85. The van der Waals surface area contributed by atoms with Crippen LogP contribution in [0.3, 0.4) is 0 Å². The van der Waals surface area contributed by atoms with Gasteiger partial charge in [-0.05, 0) is 12.1 Å². The fourth-order valence-corrected chi connectivity index (χ4v) is 0.549. The van der Waals surface area contributed by atoms with Crippen molar-refractivity contribution in [2.45, 2.75) is 13.9 Å². The SMILES string of the molecule is C.O=Cc1ccc(C(F)F)o1. The number of carbonyl (C=O) groups excluding carboxylic acids is 1. The van der Waals surface area contributed by atoms with Crippen molar-refractivity contribution >= 4 is 6.29 Å². The van der Waals surface area contributed by atoms with Gasteiger partial charge >= 0.3 is 0 Å². The summed E-state index contributed by atoms with van der Waals surface area (Å²) >= 11 is 0. The molecule has 1 heterocycles. The molecule has 0 aliphatic rings. The molecular weight excluding hydrogens is 154 g/mol. The molecule has 0 N–H and O–H groups in total. The van der Waals surface area contributed by atoms with Gasteiger partial charge in [-0.1, -0.05) is 7.43 Å². The molecule has 0 unspecified atom stereocenters. The van der Waals surface area contributed by atoms with Crippen molar-refractivity contribution in [1.82, 2.24) is 0 Å². The lowest BCUT2D eigenvalue weighted by atomic mass is 10.4. The summed E-state index contributed by atoms with van der Waals surface area (Å²) in [6, 6.07) is 2.28. The van der Waals surface area contributed by atoms with Gasteiger partial charge in [0, 0.05) is 0 Å². The Bertz CT molecular complexity index is 230. The fourth-order valence-electron chi connectivity index (χ4n) is 0.549. The Kier molecular flexibility index (Phi) is 3.44. The number of hydrogen-bond donors (Lipinski definition) is 0. The van der Waals surface area contributed by atoms with Gasteiger partial charge in [-0.15, -0.1) is 0 Å². The summed E-state index contributed by atoms with van der Waals surface area (Å²) in [5, 5.41) is 0. The lowest BCUT2D eigenvalue weighted by Crippen LogP contribution is -1.76. The van der Waals surface area contributed by atoms with E-state index >= 15 is 0 Å². The molecule has 0 aliphatic heterocycles. The molecule has 2 nitrogen and oxygen atoms in total. The molecule has 0 bridgehead atoms. The molecule has 0 fully saturated rings. The van der Waals surface area contributed by atoms with Crippen LogP contribution in [-0.2, 0) is 0 Å². The molecule has 4 heteroatoms. The van der Waals surface area contributed by atoms with Crippen molar-refractivity contribution in [3.8, 4) is 0 Å². The first-order chi connectivity index (χ1) is 4.74. The second-order valence-electron chi connectivity index (χ2n) is 1.66. The molecule has 0 amide bonds. The van der Waals surface area contributed by atoms with E-state index in [2.05, 4.69) is 4.42 Å². The number of carbonyl (C=O) groups is 1. The first-order valence-corrected chi connectivity index (χ1v) is 2.57. The Morgan fingerprint density at radius 2 is 2.09 bits per heavy atom. The van der Waals surface area contributed by atoms with Gasteiger partial charge in [0.05, 0.1) is 0 Å². The number of hydrogen-bond acceptors (Lipinski definition) is 2. The molecule has 0 radical (unpaired) electrons. The highest BCUT2D eigenvalue weighted by atomic mass is 19.3. The standard InChI is InChI=1S/C6H4F2O2.CH4/c7-6(8)5-2-1-4(3-9)10-5;/h1-3,6H;1H4. The molecule has 0 saturated heterocycles. The lowest BCUT2D eigenvalue weighted by Gasteiger charge is -1.88. The highest BCUT2D eigenvalue weighted by molar-refractivity contribution is 5.70. The van der Waals surface area contributed by atoms with E-state index in [-0.39, 0.29) is 13.2 Å². The van der Waals surface area contributed by atoms with Crippen molar-refractivity contribution in [3.05, 3.63) is 23.7 Å². The second-order valence-corrected chi connectivity index (χ2v) is 1.66. The Balaban J connectivity index is 0.000001000. The molecular formula is C7H8F2O2. The predicted octanol–water partition coefficient (Wildman–Crippen LogP) is 2.67. The molecule has 0 aromatic carbocycles. The zero-order chi connectivity index (χ0) is 7.56. The summed E-state index contributed by atoms with van der Waals surface area (Å²) in [4.78, 5) is 9.90. The quantitative estimate of drug-likeness (QED) is 0.626. The molecule has 1 rings (SSSR count). The van der Waals surface area contributed by atoms with Crippen LogP contribution >= 0.6 is 0 Å². The summed E-state index contributed by atoms with van der Waals surface area (Å²) in [6.07, 6.45) is -2.26. The minimum absolute atomic E-state index is 0. The predicted molar refractivity (Wildman–Crippen MR) is 35.8 cm³/mol. The van der Waals surface area contributed by atoms with Gasteiger partial charge in [-0.3, -0.25) is 4.79 Å². The number of alkyl halides is 2. The van der Waals surface area contributed by atoms with Crippen LogP contribution in [0.4, 0.5) is 8.78 Å². The molecule has 0 saturated carbocycles. The van der Waals surface area contributed by atoms with Crippen molar-refractivity contribution in [2.24, 2.45) is 0 Å². The van der Waals surface area contributed by atoms with Crippen LogP contribution in [0.1, 0.15) is 30.2 Å². The fraction of sp³-hybridized carbons (Fsp3) is 0.286. The summed E-state index contributed by atoms with van der Waals surface area (Å²) in [7, 11) is 0. The summed E-state index contributed by atoms with van der Waals surface area (Å²) in [6.45, 7) is 0. The first-order valence-electron chi connectivity index (χ1n) is 2.57. The summed E-state index contributed by atoms with van der Waals surface area (Å²) in [5.41, 5.74) is 0. The van der Waals surface area contributed by atoms with E-state index in [0.717, 1.165) is 6.07 Å². The van der Waals surface area contributed by atoms with Crippen molar-refractivity contribution < 1.29 is 18.0 Å². The van der Waals surface area contributed by atoms with Crippen LogP contribution in [0.2, 0.25) is 0 Å². The monoisotopic (exact) mass is 162 g/mol. The Hall–Kier alpha value is -1.19. The van der Waals surface area contributed by atoms with Crippen LogP contribution in [0.15, 0.2) is 16.5 Å². The van der Waals surface area contributed by atoms with Crippen LogP contribution in [-0.4, -0.2) is 6.29 Å². The molecule has 0 atom stereocenters. The summed E-state index contributed by atoms with van der Waals surface area (Å²) in [5.74, 6) is -0.544. The normalized spacial score (nSPS) is 9.36. The van der Waals surface area contributed by atoms with Crippen LogP contribution in [0.5, 0.6) is 0 Å². The van der Waals surface area contributed by atoms with Crippen molar-refractivity contribution in [2.75, 3.05) is 0 Å². The topological polar surface area (TPSA) is 30.2 Å². The maximum absolute atomic E-state index is 11.7. The molecule has 0 aliphatic carbocycles. The zero-order valence-electron chi connectivity index (χ0n) is 4.88. The van der Waals surface area contributed by atoms with E-state index in [4.69, 9.17) is 0 Å². The van der Waals surface area contributed by atoms with E-state index in [1.165, 1.54) is 6.07 Å². The molecule has 1 aromatic heterocycles. The van der Waals surface area contributed by atoms with Crippen molar-refractivity contribution in [3.63, 3.8) is 0 Å². The third-order valence-electron chi connectivity index (χ3n) is 0.979. The largest absolute Gasteiger partial charge is 0.452 e. The summed E-state index contributed by atoms with van der Waals surface area (Å²) < 4.78 is 27.8. The van der Waals surface area contributed by atoms with Gasteiger partial charge in [-0.2, -0.15) is 0 Å². The number of halogens is 2. The zero-order valence-corrected chi connectivity index (χ0v) is 4.88. The average Bonchev–Trinajstić information content (AvgIpc) is 2.34. The third-order valence-corrected chi connectivity index (χ3v) is 0.979. The minimum atomic E-state index is -2.64. The van der Waals surface area contributed by atoms with Gasteiger partial charge < -0.3 is 4.42 Å². The van der Waals surface area contributed by atoms with Gasteiger partial charge in [-0.25, -0.2) is 8.78 Å². The number of aldehydes is 1. The van der Waals surface area contributed by atoms with Crippen molar-refractivity contribution in [1.29, 1.82) is 0 Å². The molecule has 62 valence electrons. The third kappa shape index (κ3) is 2.14. The number of furan rings is 1. The maximum atomic E-state index is 11.7. The van der Waals surface area contributed by atoms with Gasteiger partial charge in [0.25, 0.3) is 6.43 Å². The Morgan fingerprint density at radius 1 is 1.45 bits per heavy atom. The molecule has 1 aromatic rings. The molecule has 0 spiro atoms. The highest BCUT2D eigenvalue weighted by Gasteiger charge is 2.10. The first kappa shape index (κ1) is 9.81. The van der Waals surface area contributed by atoms with Crippen LogP contribution in [0, 0.1) is 0 Å². The van der Waals surface area contributed by atoms with E-state index < -0.39 is 12.2 Å². The maximum Gasteiger partial charge on any atom is 0.295 e. The van der Waals surface area contributed by atoms with Gasteiger partial charge in [0.2, 0.25) is 0 Å². The van der Waals surface area contributed by atoms with Gasteiger partial charge in [0.15, 0.2) is 17.8 Å². The molecule has 11 heavy (non-hydrogen) atoms. The smallest absolute Gasteiger partial charge is 0.295 e. The highest BCUT2D eigenvalue weighted by Crippen LogP contribution is 2.19. The lowest BCUT2D eigenvalue weighted by molar-refractivity contribution is 0.105. The Labute approximate surface area is 62.8 Å². The van der Waals surface area contributed by atoms with E-state index in [1.54, 1.807) is 0 Å². The van der Waals surface area contributed by atoms with E-state index in [9.17, 15) is 13.6 Å². The van der Waals surface area contributed by atoms with E-state index in [1.807, 2.05) is 0 Å².